The number of aromatic nitrogens is 4. The normalized spacial score (nSPS) is 21.4. The van der Waals surface area contributed by atoms with E-state index in [9.17, 15) is 13.2 Å². The van der Waals surface area contributed by atoms with Crippen LogP contribution < -0.4 is 16.0 Å². The van der Waals surface area contributed by atoms with Gasteiger partial charge < -0.3 is 16.0 Å². The maximum atomic E-state index is 13.4. The van der Waals surface area contributed by atoms with Gasteiger partial charge >= 0.3 is 6.18 Å². The number of pyridine rings is 1. The lowest BCUT2D eigenvalue weighted by molar-refractivity contribution is -0.140. The monoisotopic (exact) mass is 465 g/mol. The number of hydrogen-bond acceptors (Lipinski definition) is 6. The van der Waals surface area contributed by atoms with E-state index >= 15 is 0 Å². The van der Waals surface area contributed by atoms with Gasteiger partial charge in [0.25, 0.3) is 0 Å². The molecule has 0 radical (unpaired) electrons. The number of halogens is 4. The SMILES string of the molecule is FC(F)(F)c1cc(N[C@H]2CCC[C@@H](Nc3nnc4n3CCNC4)C2)c2cc(Cl)ccc2n1. The molecule has 5 rings (SSSR count). The second-order valence-electron chi connectivity index (χ2n) is 8.33. The van der Waals surface area contributed by atoms with Crippen LogP contribution >= 0.6 is 11.6 Å². The molecule has 11 heteroatoms. The third-order valence-corrected chi connectivity index (χ3v) is 6.29. The highest BCUT2D eigenvalue weighted by molar-refractivity contribution is 6.31. The first-order valence-corrected chi connectivity index (χ1v) is 11.1. The Morgan fingerprint density at radius 1 is 1.09 bits per heavy atom. The molecule has 2 aliphatic rings. The average Bonchev–Trinajstić information content (AvgIpc) is 3.16. The highest BCUT2D eigenvalue weighted by atomic mass is 35.5. The molecule has 32 heavy (non-hydrogen) atoms. The van der Waals surface area contributed by atoms with E-state index in [1.165, 1.54) is 6.07 Å². The molecule has 3 N–H and O–H groups in total. The molecule has 1 fully saturated rings. The van der Waals surface area contributed by atoms with Crippen molar-refractivity contribution in [2.75, 3.05) is 17.2 Å². The van der Waals surface area contributed by atoms with Gasteiger partial charge in [0.2, 0.25) is 5.95 Å². The maximum absolute atomic E-state index is 13.4. The standard InChI is InChI=1S/C21H23ClF3N7/c22-12-4-5-16-15(8-12)17(10-18(29-16)21(23,24)25)27-13-2-1-3-14(9-13)28-20-31-30-19-11-26-6-7-32(19)20/h4-5,8,10,13-14,26H,1-3,6-7,9,11H2,(H,27,29)(H,28,31)/t13-,14+/m0/s1. The van der Waals surface area contributed by atoms with Gasteiger partial charge in [0, 0.05) is 41.3 Å². The smallest absolute Gasteiger partial charge is 0.382 e. The van der Waals surface area contributed by atoms with Crippen LogP contribution in [0.3, 0.4) is 0 Å². The van der Waals surface area contributed by atoms with Gasteiger partial charge in [-0.1, -0.05) is 11.6 Å². The third-order valence-electron chi connectivity index (χ3n) is 6.05. The Bertz CT molecular complexity index is 1130. The summed E-state index contributed by atoms with van der Waals surface area (Å²) < 4.78 is 42.3. The zero-order valence-electron chi connectivity index (χ0n) is 17.2. The lowest BCUT2D eigenvalue weighted by Gasteiger charge is -2.32. The van der Waals surface area contributed by atoms with Crippen LogP contribution in [-0.2, 0) is 19.3 Å². The van der Waals surface area contributed by atoms with Crippen molar-refractivity contribution in [3.8, 4) is 0 Å². The van der Waals surface area contributed by atoms with Crippen LogP contribution in [0.15, 0.2) is 24.3 Å². The van der Waals surface area contributed by atoms with Crippen LogP contribution in [0.5, 0.6) is 0 Å². The number of benzene rings is 1. The fourth-order valence-corrected chi connectivity index (χ4v) is 4.69. The predicted octanol–water partition coefficient (Wildman–Crippen LogP) is 4.44. The highest BCUT2D eigenvalue weighted by Crippen LogP contribution is 2.35. The van der Waals surface area contributed by atoms with E-state index in [4.69, 9.17) is 11.6 Å². The van der Waals surface area contributed by atoms with Gasteiger partial charge in [0.05, 0.1) is 12.1 Å². The summed E-state index contributed by atoms with van der Waals surface area (Å²) >= 11 is 6.12. The van der Waals surface area contributed by atoms with Crippen molar-refractivity contribution >= 4 is 34.1 Å². The molecule has 0 spiro atoms. The Morgan fingerprint density at radius 2 is 1.91 bits per heavy atom. The molecule has 2 atom stereocenters. The Balaban J connectivity index is 1.36. The van der Waals surface area contributed by atoms with Crippen LogP contribution in [0.1, 0.15) is 37.2 Å². The summed E-state index contributed by atoms with van der Waals surface area (Å²) in [6, 6.07) is 5.97. The molecule has 2 aromatic heterocycles. The van der Waals surface area contributed by atoms with E-state index in [1.54, 1.807) is 12.1 Å². The average molecular weight is 466 g/mol. The summed E-state index contributed by atoms with van der Waals surface area (Å²) in [5.74, 6) is 1.66. The minimum atomic E-state index is -4.53. The van der Waals surface area contributed by atoms with Gasteiger partial charge in [-0.05, 0) is 49.9 Å². The van der Waals surface area contributed by atoms with Gasteiger partial charge in [-0.15, -0.1) is 10.2 Å². The van der Waals surface area contributed by atoms with Crippen LogP contribution in [0.25, 0.3) is 10.9 Å². The van der Waals surface area contributed by atoms with Crippen molar-refractivity contribution in [2.24, 2.45) is 0 Å². The van der Waals surface area contributed by atoms with E-state index in [0.717, 1.165) is 56.6 Å². The summed E-state index contributed by atoms with van der Waals surface area (Å²) in [7, 11) is 0. The van der Waals surface area contributed by atoms with Gasteiger partial charge in [0.15, 0.2) is 0 Å². The molecule has 1 saturated carbocycles. The zero-order chi connectivity index (χ0) is 22.3. The molecular weight excluding hydrogens is 443 g/mol. The second kappa shape index (κ2) is 8.40. The number of hydrogen-bond donors (Lipinski definition) is 3. The first-order valence-electron chi connectivity index (χ1n) is 10.7. The van der Waals surface area contributed by atoms with E-state index in [1.807, 2.05) is 0 Å². The quantitative estimate of drug-likeness (QED) is 0.528. The minimum absolute atomic E-state index is 0.0114. The summed E-state index contributed by atoms with van der Waals surface area (Å²) in [6.07, 6.45) is -0.983. The summed E-state index contributed by atoms with van der Waals surface area (Å²) in [4.78, 5) is 3.79. The topological polar surface area (TPSA) is 79.7 Å². The van der Waals surface area contributed by atoms with Crippen molar-refractivity contribution < 1.29 is 13.2 Å². The zero-order valence-corrected chi connectivity index (χ0v) is 18.0. The van der Waals surface area contributed by atoms with Crippen LogP contribution in [-0.4, -0.2) is 38.4 Å². The molecule has 0 amide bonds. The van der Waals surface area contributed by atoms with Crippen LogP contribution in [0.2, 0.25) is 5.02 Å². The van der Waals surface area contributed by atoms with Crippen molar-refractivity contribution in [3.63, 3.8) is 0 Å². The van der Waals surface area contributed by atoms with Gasteiger partial charge in [0.1, 0.15) is 11.5 Å². The Hall–Kier alpha value is -2.59. The van der Waals surface area contributed by atoms with Crippen molar-refractivity contribution in [1.29, 1.82) is 0 Å². The number of alkyl halides is 3. The molecule has 0 saturated heterocycles. The van der Waals surface area contributed by atoms with Crippen molar-refractivity contribution in [1.82, 2.24) is 25.1 Å². The lowest BCUT2D eigenvalue weighted by atomic mass is 9.90. The van der Waals surface area contributed by atoms with Gasteiger partial charge in [-0.25, -0.2) is 4.98 Å². The van der Waals surface area contributed by atoms with Gasteiger partial charge in [-0.3, -0.25) is 4.57 Å². The Morgan fingerprint density at radius 3 is 2.72 bits per heavy atom. The molecule has 0 unspecified atom stereocenters. The lowest BCUT2D eigenvalue weighted by Crippen LogP contribution is -2.36. The van der Waals surface area contributed by atoms with Crippen LogP contribution in [0, 0.1) is 0 Å². The first kappa shape index (κ1) is 21.3. The number of rotatable bonds is 4. The molecule has 3 aromatic rings. The predicted molar refractivity (Wildman–Crippen MR) is 117 cm³/mol. The number of nitrogens with one attached hydrogen (secondary N) is 3. The van der Waals surface area contributed by atoms with Crippen molar-refractivity contribution in [2.45, 2.75) is 57.0 Å². The first-order chi connectivity index (χ1) is 15.4. The molecule has 1 aliphatic carbocycles. The van der Waals surface area contributed by atoms with E-state index < -0.39 is 11.9 Å². The summed E-state index contributed by atoms with van der Waals surface area (Å²) in [5.41, 5.74) is -0.244. The molecule has 170 valence electrons. The molecule has 0 bridgehead atoms. The molecule has 3 heterocycles. The summed E-state index contributed by atoms with van der Waals surface area (Å²) in [6.45, 7) is 2.37. The number of nitrogens with zero attached hydrogens (tertiary/aromatic N) is 4. The van der Waals surface area contributed by atoms with Crippen molar-refractivity contribution in [3.05, 3.63) is 40.8 Å². The third kappa shape index (κ3) is 4.33. The van der Waals surface area contributed by atoms with E-state index in [0.29, 0.717) is 22.6 Å². The minimum Gasteiger partial charge on any atom is -0.382 e. The largest absolute Gasteiger partial charge is 0.433 e. The maximum Gasteiger partial charge on any atom is 0.433 e. The Labute approximate surface area is 187 Å². The Kier molecular flexibility index (Phi) is 5.58. The fourth-order valence-electron chi connectivity index (χ4n) is 4.52. The molecule has 7 nitrogen and oxygen atoms in total. The van der Waals surface area contributed by atoms with Gasteiger partial charge in [-0.2, -0.15) is 13.2 Å². The highest BCUT2D eigenvalue weighted by Gasteiger charge is 2.34. The summed E-state index contributed by atoms with van der Waals surface area (Å²) in [5, 5.41) is 19.7. The molecule has 1 aromatic carbocycles. The van der Waals surface area contributed by atoms with Crippen LogP contribution in [0.4, 0.5) is 24.8 Å². The fraction of sp³-hybridized carbons (Fsp3) is 0.476. The number of anilines is 2. The second-order valence-corrected chi connectivity index (χ2v) is 8.77. The molecular formula is C21H23ClF3N7. The van der Waals surface area contributed by atoms with E-state index in [-0.39, 0.29) is 17.6 Å². The van der Waals surface area contributed by atoms with E-state index in [2.05, 4.69) is 35.7 Å². The number of fused-ring (bicyclic) bond motifs is 2. The molecule has 1 aliphatic heterocycles.